The van der Waals surface area contributed by atoms with Crippen LogP contribution in [0, 0.1) is 11.6 Å². The number of thiazole rings is 1. The minimum atomic E-state index is -0.692. The van der Waals surface area contributed by atoms with E-state index in [1.54, 1.807) is 29.4 Å². The Balaban J connectivity index is 1.40. The first-order chi connectivity index (χ1) is 12.6. The minimum absolute atomic E-state index is 0.0471. The summed E-state index contributed by atoms with van der Waals surface area (Å²) >= 11 is 1.12. The van der Waals surface area contributed by atoms with Gasteiger partial charge in [-0.1, -0.05) is 11.3 Å². The van der Waals surface area contributed by atoms with E-state index < -0.39 is 11.6 Å². The van der Waals surface area contributed by atoms with Crippen LogP contribution in [0.3, 0.4) is 0 Å². The van der Waals surface area contributed by atoms with Gasteiger partial charge in [0, 0.05) is 44.4 Å². The Kier molecular flexibility index (Phi) is 4.50. The fourth-order valence-corrected chi connectivity index (χ4v) is 3.90. The number of benzene rings is 1. The number of amides is 1. The smallest absolute Gasteiger partial charge is 0.274 e. The molecule has 2 aromatic heterocycles. The van der Waals surface area contributed by atoms with E-state index in [1.807, 2.05) is 0 Å². The molecule has 134 valence electrons. The van der Waals surface area contributed by atoms with E-state index in [9.17, 15) is 13.6 Å². The van der Waals surface area contributed by atoms with Crippen molar-refractivity contribution in [2.75, 3.05) is 13.1 Å². The molecule has 1 aliphatic heterocycles. The van der Waals surface area contributed by atoms with E-state index in [2.05, 4.69) is 9.97 Å². The van der Waals surface area contributed by atoms with Gasteiger partial charge in [-0.25, -0.2) is 8.78 Å². The highest BCUT2D eigenvalue weighted by Gasteiger charge is 2.25. The molecule has 1 amide bonds. The highest BCUT2D eigenvalue weighted by atomic mass is 32.1. The summed E-state index contributed by atoms with van der Waals surface area (Å²) in [5, 5.41) is 0.321. The first-order valence-corrected chi connectivity index (χ1v) is 9.03. The topological polar surface area (TPSA) is 55.3 Å². The molecule has 0 atom stereocenters. The molecule has 1 saturated heterocycles. The monoisotopic (exact) mass is 375 g/mol. The number of halogens is 2. The number of aromatic nitrogens is 2. The van der Waals surface area contributed by atoms with Crippen LogP contribution in [0.4, 0.5) is 8.78 Å². The maximum absolute atomic E-state index is 13.7. The predicted molar refractivity (Wildman–Crippen MR) is 93.3 cm³/mol. The van der Waals surface area contributed by atoms with Crippen LogP contribution >= 0.6 is 11.3 Å². The Bertz CT molecular complexity index is 940. The van der Waals surface area contributed by atoms with E-state index in [1.165, 1.54) is 6.07 Å². The predicted octanol–water partition coefficient (Wildman–Crippen LogP) is 3.65. The van der Waals surface area contributed by atoms with Crippen LogP contribution in [0.2, 0.25) is 0 Å². The number of hydrogen-bond acceptors (Lipinski definition) is 5. The lowest BCUT2D eigenvalue weighted by Gasteiger charge is -2.31. The highest BCUT2D eigenvalue weighted by Crippen LogP contribution is 2.32. The molecule has 0 saturated carbocycles. The van der Waals surface area contributed by atoms with Crippen LogP contribution in [-0.2, 0) is 0 Å². The molecule has 8 heteroatoms. The zero-order valence-corrected chi connectivity index (χ0v) is 14.5. The average Bonchev–Trinajstić information content (AvgIpc) is 3.05. The van der Waals surface area contributed by atoms with Crippen molar-refractivity contribution in [2.24, 2.45) is 0 Å². The molecule has 3 heterocycles. The third kappa shape index (κ3) is 3.37. The largest absolute Gasteiger partial charge is 0.467 e. The minimum Gasteiger partial charge on any atom is -0.467 e. The summed E-state index contributed by atoms with van der Waals surface area (Å²) in [6, 6.07) is 5.54. The van der Waals surface area contributed by atoms with Crippen LogP contribution < -0.4 is 4.74 Å². The van der Waals surface area contributed by atoms with Gasteiger partial charge in [-0.2, -0.15) is 4.98 Å². The van der Waals surface area contributed by atoms with E-state index in [0.29, 0.717) is 41.4 Å². The lowest BCUT2D eigenvalue weighted by Crippen LogP contribution is -2.41. The van der Waals surface area contributed by atoms with Crippen LogP contribution in [0.15, 0.2) is 36.7 Å². The number of fused-ring (bicyclic) bond motifs is 1. The highest BCUT2D eigenvalue weighted by molar-refractivity contribution is 7.20. The molecular weight excluding hydrogens is 360 g/mol. The SMILES string of the molecule is O=C(c1cccnc1)N1CCC(Oc2nc3c(F)cc(F)cc3s2)CC1. The number of pyridine rings is 1. The molecule has 0 radical (unpaired) electrons. The fraction of sp³-hybridized carbons (Fsp3) is 0.278. The molecule has 1 aliphatic rings. The Hall–Kier alpha value is -2.61. The van der Waals surface area contributed by atoms with E-state index in [4.69, 9.17) is 4.74 Å². The summed E-state index contributed by atoms with van der Waals surface area (Å²) in [4.78, 5) is 22.3. The summed E-state index contributed by atoms with van der Waals surface area (Å²) < 4.78 is 33.3. The van der Waals surface area contributed by atoms with Crippen molar-refractivity contribution in [1.82, 2.24) is 14.9 Å². The number of nitrogens with zero attached hydrogens (tertiary/aromatic N) is 3. The molecule has 4 rings (SSSR count). The summed E-state index contributed by atoms with van der Waals surface area (Å²) in [7, 11) is 0. The molecule has 1 fully saturated rings. The van der Waals surface area contributed by atoms with Crippen LogP contribution in [0.25, 0.3) is 10.2 Å². The van der Waals surface area contributed by atoms with E-state index in [0.717, 1.165) is 17.4 Å². The zero-order valence-electron chi connectivity index (χ0n) is 13.7. The summed E-state index contributed by atoms with van der Waals surface area (Å²) in [5.74, 6) is -1.37. The second kappa shape index (κ2) is 6.95. The average molecular weight is 375 g/mol. The van der Waals surface area contributed by atoms with Gasteiger partial charge >= 0.3 is 0 Å². The Morgan fingerprint density at radius 2 is 2.08 bits per heavy atom. The third-order valence-electron chi connectivity index (χ3n) is 4.30. The van der Waals surface area contributed by atoms with Crippen LogP contribution in [0.1, 0.15) is 23.2 Å². The molecule has 3 aromatic rings. The lowest BCUT2D eigenvalue weighted by molar-refractivity contribution is 0.0595. The Morgan fingerprint density at radius 1 is 1.27 bits per heavy atom. The number of ether oxygens (including phenoxy) is 1. The first-order valence-electron chi connectivity index (χ1n) is 8.22. The third-order valence-corrected chi connectivity index (χ3v) is 5.19. The summed E-state index contributed by atoms with van der Waals surface area (Å²) in [6.45, 7) is 1.12. The number of likely N-dealkylation sites (tertiary alicyclic amines) is 1. The maximum atomic E-state index is 13.7. The second-order valence-electron chi connectivity index (χ2n) is 6.07. The Labute approximate surface area is 152 Å². The van der Waals surface area contributed by atoms with Gasteiger partial charge in [0.2, 0.25) is 0 Å². The number of hydrogen-bond donors (Lipinski definition) is 0. The van der Waals surface area contributed by atoms with Gasteiger partial charge in [-0.05, 0) is 18.2 Å². The van der Waals surface area contributed by atoms with E-state index >= 15 is 0 Å². The standard InChI is InChI=1S/C18H15F2N3O2S/c19-12-8-14(20)16-15(9-12)26-18(22-16)25-13-3-6-23(7-4-13)17(24)11-2-1-5-21-10-11/h1-2,5,8-10,13H,3-4,6-7H2. The van der Waals surface area contributed by atoms with Crippen molar-refractivity contribution < 1.29 is 18.3 Å². The van der Waals surface area contributed by atoms with E-state index in [-0.39, 0.29) is 17.5 Å². The van der Waals surface area contributed by atoms with Gasteiger partial charge in [0.1, 0.15) is 17.4 Å². The summed E-state index contributed by atoms with van der Waals surface area (Å²) in [5.41, 5.74) is 0.686. The Morgan fingerprint density at radius 3 is 2.81 bits per heavy atom. The van der Waals surface area contributed by atoms with Crippen molar-refractivity contribution in [3.8, 4) is 5.19 Å². The van der Waals surface area contributed by atoms with Crippen molar-refractivity contribution in [3.05, 3.63) is 53.9 Å². The van der Waals surface area contributed by atoms with Crippen LogP contribution in [0.5, 0.6) is 5.19 Å². The molecule has 5 nitrogen and oxygen atoms in total. The molecule has 0 unspecified atom stereocenters. The zero-order chi connectivity index (χ0) is 18.1. The van der Waals surface area contributed by atoms with Crippen molar-refractivity contribution in [2.45, 2.75) is 18.9 Å². The molecule has 0 aliphatic carbocycles. The molecule has 0 bridgehead atoms. The van der Waals surface area contributed by atoms with Crippen molar-refractivity contribution >= 4 is 27.5 Å². The van der Waals surface area contributed by atoms with Gasteiger partial charge < -0.3 is 9.64 Å². The van der Waals surface area contributed by atoms with Gasteiger partial charge in [-0.3, -0.25) is 9.78 Å². The summed E-state index contributed by atoms with van der Waals surface area (Å²) in [6.07, 6.45) is 4.38. The van der Waals surface area contributed by atoms with Gasteiger partial charge in [0.25, 0.3) is 11.1 Å². The van der Waals surface area contributed by atoms with Crippen LogP contribution in [-0.4, -0.2) is 40.0 Å². The second-order valence-corrected chi connectivity index (χ2v) is 7.06. The number of rotatable bonds is 3. The molecule has 0 N–H and O–H groups in total. The quantitative estimate of drug-likeness (QED) is 0.701. The number of carbonyl (C=O) groups excluding carboxylic acids is 1. The van der Waals surface area contributed by atoms with Crippen molar-refractivity contribution in [3.63, 3.8) is 0 Å². The number of piperidine rings is 1. The fourth-order valence-electron chi connectivity index (χ4n) is 2.98. The maximum Gasteiger partial charge on any atom is 0.274 e. The number of carbonyl (C=O) groups is 1. The molecule has 26 heavy (non-hydrogen) atoms. The molecule has 0 spiro atoms. The lowest BCUT2D eigenvalue weighted by atomic mass is 10.1. The van der Waals surface area contributed by atoms with Gasteiger partial charge in [-0.15, -0.1) is 0 Å². The van der Waals surface area contributed by atoms with Crippen molar-refractivity contribution in [1.29, 1.82) is 0 Å². The van der Waals surface area contributed by atoms with Gasteiger partial charge in [0.15, 0.2) is 5.82 Å². The van der Waals surface area contributed by atoms with Gasteiger partial charge in [0.05, 0.1) is 10.3 Å². The first kappa shape index (κ1) is 16.8. The molecule has 1 aromatic carbocycles. The molecular formula is C18H15F2N3O2S. The normalized spacial score (nSPS) is 15.4.